The van der Waals surface area contributed by atoms with Gasteiger partial charge in [-0.2, -0.15) is 18.3 Å². The zero-order chi connectivity index (χ0) is 11.8. The number of nitrogens with one attached hydrogen (secondary N) is 1. The Bertz CT molecular complexity index is 507. The van der Waals surface area contributed by atoms with E-state index in [-0.39, 0.29) is 18.2 Å². The first-order valence-electron chi connectivity index (χ1n) is 4.45. The van der Waals surface area contributed by atoms with Crippen molar-refractivity contribution in [2.75, 3.05) is 5.73 Å². The molecule has 1 aromatic carbocycles. The molecule has 1 aromatic heterocycles. The number of nitrogen functional groups attached to an aromatic ring is 1. The third-order valence-corrected chi connectivity index (χ3v) is 2.10. The highest BCUT2D eigenvalue weighted by Crippen LogP contribution is 2.31. The molecule has 3 N–H and O–H groups in total. The van der Waals surface area contributed by atoms with Gasteiger partial charge in [-0.05, 0) is 12.1 Å². The highest BCUT2D eigenvalue weighted by Gasteiger charge is 2.30. The standard InChI is InChI=1S/C10H8F3N3.ClH/c11-10(12,13)7-3-1-2-6(4-7)8-5-9(14)16-15-8;/h1-5H,(H3,14,15,16);1H. The van der Waals surface area contributed by atoms with Crippen molar-refractivity contribution in [3.05, 3.63) is 35.9 Å². The smallest absolute Gasteiger partial charge is 0.382 e. The van der Waals surface area contributed by atoms with Gasteiger partial charge in [0.25, 0.3) is 0 Å². The number of anilines is 1. The van der Waals surface area contributed by atoms with Gasteiger partial charge >= 0.3 is 6.18 Å². The first-order chi connectivity index (χ1) is 7.47. The predicted octanol–water partition coefficient (Wildman–Crippen LogP) is 3.10. The van der Waals surface area contributed by atoms with Crippen molar-refractivity contribution in [3.63, 3.8) is 0 Å². The third kappa shape index (κ3) is 2.91. The van der Waals surface area contributed by atoms with E-state index in [2.05, 4.69) is 10.2 Å². The minimum atomic E-state index is -4.35. The lowest BCUT2D eigenvalue weighted by Gasteiger charge is -2.07. The summed E-state index contributed by atoms with van der Waals surface area (Å²) in [6.07, 6.45) is -4.35. The van der Waals surface area contributed by atoms with Crippen LogP contribution < -0.4 is 5.73 Å². The number of H-pyrrole nitrogens is 1. The van der Waals surface area contributed by atoms with Crippen LogP contribution >= 0.6 is 12.4 Å². The molecular weight excluding hydrogens is 255 g/mol. The molecule has 17 heavy (non-hydrogen) atoms. The lowest BCUT2D eigenvalue weighted by molar-refractivity contribution is -0.137. The van der Waals surface area contributed by atoms with E-state index in [0.29, 0.717) is 11.3 Å². The van der Waals surface area contributed by atoms with E-state index in [4.69, 9.17) is 5.73 Å². The predicted molar refractivity (Wildman–Crippen MR) is 60.7 cm³/mol. The molecule has 0 bridgehead atoms. The summed E-state index contributed by atoms with van der Waals surface area (Å²) in [6, 6.07) is 6.45. The van der Waals surface area contributed by atoms with Crippen molar-refractivity contribution >= 4 is 18.2 Å². The molecule has 0 aliphatic carbocycles. The minimum absolute atomic E-state index is 0. The molecule has 7 heteroatoms. The summed E-state index contributed by atoms with van der Waals surface area (Å²) in [5.74, 6) is 0.243. The van der Waals surface area contributed by atoms with Gasteiger partial charge in [-0.1, -0.05) is 12.1 Å². The molecule has 1 heterocycles. The van der Waals surface area contributed by atoms with E-state index in [1.54, 1.807) is 6.07 Å². The quantitative estimate of drug-likeness (QED) is 0.831. The van der Waals surface area contributed by atoms with Crippen LogP contribution in [-0.4, -0.2) is 10.2 Å². The van der Waals surface area contributed by atoms with Crippen molar-refractivity contribution in [1.82, 2.24) is 10.2 Å². The lowest BCUT2D eigenvalue weighted by atomic mass is 10.1. The molecule has 2 aromatic rings. The summed E-state index contributed by atoms with van der Waals surface area (Å²) in [7, 11) is 0. The van der Waals surface area contributed by atoms with Gasteiger partial charge in [-0.3, -0.25) is 5.10 Å². The number of hydrogen-bond donors (Lipinski definition) is 2. The first-order valence-corrected chi connectivity index (χ1v) is 4.45. The molecular formula is C10H9ClF3N3. The van der Waals surface area contributed by atoms with Crippen LogP contribution in [-0.2, 0) is 6.18 Å². The average molecular weight is 264 g/mol. The number of benzene rings is 1. The van der Waals surface area contributed by atoms with E-state index in [9.17, 15) is 13.2 Å². The Hall–Kier alpha value is -1.69. The van der Waals surface area contributed by atoms with Gasteiger partial charge < -0.3 is 5.73 Å². The average Bonchev–Trinajstić information content (AvgIpc) is 2.64. The third-order valence-electron chi connectivity index (χ3n) is 2.10. The van der Waals surface area contributed by atoms with Gasteiger partial charge in [0, 0.05) is 11.6 Å². The Labute approximate surface area is 101 Å². The molecule has 2 rings (SSSR count). The molecule has 0 atom stereocenters. The SMILES string of the molecule is Cl.Nc1cc(-c2cccc(C(F)(F)F)c2)[nH]n1. The van der Waals surface area contributed by atoms with E-state index in [1.807, 2.05) is 0 Å². The number of aromatic nitrogens is 2. The maximum Gasteiger partial charge on any atom is 0.416 e. The molecule has 0 aliphatic heterocycles. The topological polar surface area (TPSA) is 54.7 Å². The molecule has 92 valence electrons. The number of nitrogens with two attached hydrogens (primary N) is 1. The Morgan fingerprint density at radius 3 is 2.41 bits per heavy atom. The van der Waals surface area contributed by atoms with Crippen LogP contribution in [0.25, 0.3) is 11.3 Å². The Kier molecular flexibility index (Phi) is 3.67. The van der Waals surface area contributed by atoms with E-state index in [0.717, 1.165) is 12.1 Å². The Morgan fingerprint density at radius 1 is 1.18 bits per heavy atom. The van der Waals surface area contributed by atoms with Crippen molar-refractivity contribution in [1.29, 1.82) is 0 Å². The zero-order valence-corrected chi connectivity index (χ0v) is 9.27. The van der Waals surface area contributed by atoms with E-state index < -0.39 is 11.7 Å². The molecule has 0 amide bonds. The molecule has 0 saturated heterocycles. The fourth-order valence-corrected chi connectivity index (χ4v) is 1.35. The van der Waals surface area contributed by atoms with Crippen molar-refractivity contribution in [2.45, 2.75) is 6.18 Å². The summed E-state index contributed by atoms with van der Waals surface area (Å²) in [5, 5.41) is 6.21. The molecule has 0 unspecified atom stereocenters. The van der Waals surface area contributed by atoms with Crippen LogP contribution in [0.2, 0.25) is 0 Å². The summed E-state index contributed by atoms with van der Waals surface area (Å²) in [5.41, 5.74) is 5.54. The van der Waals surface area contributed by atoms with E-state index >= 15 is 0 Å². The largest absolute Gasteiger partial charge is 0.416 e. The highest BCUT2D eigenvalue weighted by atomic mass is 35.5. The Morgan fingerprint density at radius 2 is 1.88 bits per heavy atom. The monoisotopic (exact) mass is 263 g/mol. The molecule has 0 aliphatic rings. The van der Waals surface area contributed by atoms with E-state index in [1.165, 1.54) is 12.1 Å². The van der Waals surface area contributed by atoms with Crippen molar-refractivity contribution in [2.24, 2.45) is 0 Å². The van der Waals surface area contributed by atoms with Gasteiger partial charge in [0.05, 0.1) is 11.3 Å². The number of hydrogen-bond acceptors (Lipinski definition) is 2. The molecule has 0 radical (unpaired) electrons. The summed E-state index contributed by atoms with van der Waals surface area (Å²) < 4.78 is 37.3. The second-order valence-corrected chi connectivity index (χ2v) is 3.29. The van der Waals surface area contributed by atoms with Gasteiger partial charge in [-0.25, -0.2) is 0 Å². The van der Waals surface area contributed by atoms with Gasteiger partial charge in [0.15, 0.2) is 0 Å². The number of rotatable bonds is 1. The van der Waals surface area contributed by atoms with Crippen LogP contribution in [0.1, 0.15) is 5.56 Å². The molecule has 3 nitrogen and oxygen atoms in total. The normalized spacial score (nSPS) is 11.0. The summed E-state index contributed by atoms with van der Waals surface area (Å²) >= 11 is 0. The maximum absolute atomic E-state index is 12.4. The van der Waals surface area contributed by atoms with Crippen LogP contribution in [0.4, 0.5) is 19.0 Å². The van der Waals surface area contributed by atoms with Crippen LogP contribution in [0.3, 0.4) is 0 Å². The second-order valence-electron chi connectivity index (χ2n) is 3.29. The van der Waals surface area contributed by atoms with Gasteiger partial charge in [-0.15, -0.1) is 12.4 Å². The first kappa shape index (κ1) is 13.4. The molecule has 0 fully saturated rings. The fraction of sp³-hybridized carbons (Fsp3) is 0.100. The fourth-order valence-electron chi connectivity index (χ4n) is 1.35. The number of halogens is 4. The summed E-state index contributed by atoms with van der Waals surface area (Å²) in [6.45, 7) is 0. The lowest BCUT2D eigenvalue weighted by Crippen LogP contribution is -2.04. The minimum Gasteiger partial charge on any atom is -0.382 e. The van der Waals surface area contributed by atoms with Crippen molar-refractivity contribution in [3.8, 4) is 11.3 Å². The number of aromatic amines is 1. The number of nitrogens with zero attached hydrogens (tertiary/aromatic N) is 1. The van der Waals surface area contributed by atoms with Crippen molar-refractivity contribution < 1.29 is 13.2 Å². The van der Waals surface area contributed by atoms with Crippen LogP contribution in [0.5, 0.6) is 0 Å². The molecule has 0 saturated carbocycles. The number of alkyl halides is 3. The van der Waals surface area contributed by atoms with Crippen LogP contribution in [0.15, 0.2) is 30.3 Å². The second kappa shape index (κ2) is 4.67. The van der Waals surface area contributed by atoms with Gasteiger partial charge in [0.2, 0.25) is 0 Å². The summed E-state index contributed by atoms with van der Waals surface area (Å²) in [4.78, 5) is 0. The molecule has 0 spiro atoms. The maximum atomic E-state index is 12.4. The van der Waals surface area contributed by atoms with Crippen LogP contribution in [0, 0.1) is 0 Å². The van der Waals surface area contributed by atoms with Gasteiger partial charge in [0.1, 0.15) is 5.82 Å². The zero-order valence-electron chi connectivity index (χ0n) is 8.45. The highest BCUT2D eigenvalue weighted by molar-refractivity contribution is 5.85. The Balaban J connectivity index is 0.00000144.